The van der Waals surface area contributed by atoms with Crippen LogP contribution in [0.2, 0.25) is 0 Å². The average molecular weight is 383 g/mol. The zero-order valence-electron chi connectivity index (χ0n) is 16.4. The van der Waals surface area contributed by atoms with Crippen molar-refractivity contribution in [2.45, 2.75) is 32.4 Å². The van der Waals surface area contributed by atoms with Gasteiger partial charge in [0.15, 0.2) is 11.2 Å². The second-order valence-electron chi connectivity index (χ2n) is 7.40. The monoisotopic (exact) mass is 383 g/mol. The minimum absolute atomic E-state index is 0.138. The molecule has 0 amide bonds. The molecule has 0 spiro atoms. The van der Waals surface area contributed by atoms with E-state index in [0.29, 0.717) is 30.2 Å². The van der Waals surface area contributed by atoms with Crippen LogP contribution in [0.25, 0.3) is 11.2 Å². The molecular weight excluding hydrogens is 358 g/mol. The lowest BCUT2D eigenvalue weighted by molar-refractivity contribution is 0.120. The summed E-state index contributed by atoms with van der Waals surface area (Å²) in [7, 11) is 3.13. The maximum absolute atomic E-state index is 12.9. The summed E-state index contributed by atoms with van der Waals surface area (Å²) >= 11 is 0. The first-order valence-electron chi connectivity index (χ1n) is 9.53. The SMILES string of the molecule is Cc1cccc(Cn2c(NC[C@@H]3CCCO3)nc3c2c(=O)n(C)c(=O)n3C)c1. The molecule has 4 rings (SSSR count). The van der Waals surface area contributed by atoms with E-state index in [1.54, 1.807) is 7.05 Å². The number of aryl methyl sites for hydroxylation is 2. The Labute approximate surface area is 162 Å². The predicted octanol–water partition coefficient (Wildman–Crippen LogP) is 1.38. The van der Waals surface area contributed by atoms with Crippen molar-refractivity contribution in [1.82, 2.24) is 18.7 Å². The van der Waals surface area contributed by atoms with E-state index in [4.69, 9.17) is 4.74 Å². The van der Waals surface area contributed by atoms with E-state index < -0.39 is 0 Å². The van der Waals surface area contributed by atoms with Crippen LogP contribution in [0.3, 0.4) is 0 Å². The molecule has 0 aliphatic carbocycles. The molecule has 0 bridgehead atoms. The molecule has 0 radical (unpaired) electrons. The first kappa shape index (κ1) is 18.5. The van der Waals surface area contributed by atoms with E-state index in [-0.39, 0.29) is 17.4 Å². The standard InChI is InChI=1S/C20H25N5O3/c1-13-6-4-7-14(10-13)12-25-16-17(23(2)20(27)24(3)18(16)26)22-19(25)21-11-15-8-5-9-28-15/h4,6-7,10,15H,5,8-9,11-12H2,1-3H3,(H,21,22)/t15-/m0/s1. The van der Waals surface area contributed by atoms with Gasteiger partial charge in [-0.3, -0.25) is 18.5 Å². The Morgan fingerprint density at radius 1 is 1.25 bits per heavy atom. The molecule has 8 heteroatoms. The van der Waals surface area contributed by atoms with Crippen molar-refractivity contribution in [3.8, 4) is 0 Å². The predicted molar refractivity (Wildman–Crippen MR) is 108 cm³/mol. The molecule has 1 fully saturated rings. The number of ether oxygens (including phenoxy) is 1. The lowest BCUT2D eigenvalue weighted by atomic mass is 10.1. The molecule has 1 aliphatic heterocycles. The van der Waals surface area contributed by atoms with E-state index in [9.17, 15) is 9.59 Å². The number of nitrogens with one attached hydrogen (secondary N) is 1. The van der Waals surface area contributed by atoms with Crippen LogP contribution >= 0.6 is 0 Å². The van der Waals surface area contributed by atoms with Crippen LogP contribution in [-0.2, 0) is 25.4 Å². The van der Waals surface area contributed by atoms with Crippen LogP contribution < -0.4 is 16.6 Å². The van der Waals surface area contributed by atoms with Gasteiger partial charge in [0, 0.05) is 27.2 Å². The van der Waals surface area contributed by atoms with E-state index in [1.807, 2.05) is 29.7 Å². The van der Waals surface area contributed by atoms with Crippen molar-refractivity contribution in [2.75, 3.05) is 18.5 Å². The Balaban J connectivity index is 1.83. The van der Waals surface area contributed by atoms with Gasteiger partial charge in [-0.2, -0.15) is 4.98 Å². The molecule has 3 heterocycles. The van der Waals surface area contributed by atoms with Crippen molar-refractivity contribution >= 4 is 17.1 Å². The van der Waals surface area contributed by atoms with Gasteiger partial charge >= 0.3 is 5.69 Å². The summed E-state index contributed by atoms with van der Waals surface area (Å²) < 4.78 is 10.1. The van der Waals surface area contributed by atoms with Crippen LogP contribution in [0.5, 0.6) is 0 Å². The molecule has 0 unspecified atom stereocenters. The van der Waals surface area contributed by atoms with Gasteiger partial charge in [-0.15, -0.1) is 0 Å². The quantitative estimate of drug-likeness (QED) is 0.720. The van der Waals surface area contributed by atoms with Crippen molar-refractivity contribution in [1.29, 1.82) is 0 Å². The van der Waals surface area contributed by atoms with Crippen LogP contribution in [0.15, 0.2) is 33.9 Å². The molecule has 1 aliphatic rings. The maximum atomic E-state index is 12.9. The summed E-state index contributed by atoms with van der Waals surface area (Å²) in [4.78, 5) is 29.8. The number of fused-ring (bicyclic) bond motifs is 1. The fourth-order valence-corrected chi connectivity index (χ4v) is 3.74. The average Bonchev–Trinajstić information content (AvgIpc) is 3.31. The second kappa shape index (κ2) is 7.27. The van der Waals surface area contributed by atoms with Gasteiger partial charge in [0.25, 0.3) is 5.56 Å². The topological polar surface area (TPSA) is 83.1 Å². The third-order valence-electron chi connectivity index (χ3n) is 5.28. The second-order valence-corrected chi connectivity index (χ2v) is 7.40. The number of benzene rings is 1. The summed E-state index contributed by atoms with van der Waals surface area (Å²) in [5.74, 6) is 0.574. The van der Waals surface area contributed by atoms with Crippen LogP contribution in [0, 0.1) is 6.92 Å². The Kier molecular flexibility index (Phi) is 4.80. The molecule has 28 heavy (non-hydrogen) atoms. The van der Waals surface area contributed by atoms with Gasteiger partial charge in [-0.1, -0.05) is 29.8 Å². The van der Waals surface area contributed by atoms with Crippen LogP contribution in [-0.4, -0.2) is 37.9 Å². The molecule has 1 aromatic carbocycles. The largest absolute Gasteiger partial charge is 0.376 e. The highest BCUT2D eigenvalue weighted by Crippen LogP contribution is 2.20. The van der Waals surface area contributed by atoms with E-state index in [2.05, 4.69) is 16.4 Å². The number of hydrogen-bond acceptors (Lipinski definition) is 5. The molecule has 8 nitrogen and oxygen atoms in total. The molecule has 1 N–H and O–H groups in total. The van der Waals surface area contributed by atoms with E-state index >= 15 is 0 Å². The number of rotatable bonds is 5. The molecule has 148 valence electrons. The summed E-state index contributed by atoms with van der Waals surface area (Å²) in [5, 5.41) is 3.34. The zero-order valence-corrected chi connectivity index (χ0v) is 16.4. The smallest absolute Gasteiger partial charge is 0.332 e. The fourth-order valence-electron chi connectivity index (χ4n) is 3.74. The highest BCUT2D eigenvalue weighted by molar-refractivity contribution is 5.74. The van der Waals surface area contributed by atoms with Crippen molar-refractivity contribution in [3.05, 3.63) is 56.2 Å². The fraction of sp³-hybridized carbons (Fsp3) is 0.450. The normalized spacial score (nSPS) is 16.8. The Hall–Kier alpha value is -2.87. The lowest BCUT2D eigenvalue weighted by Gasteiger charge is -2.14. The highest BCUT2D eigenvalue weighted by Gasteiger charge is 2.21. The van der Waals surface area contributed by atoms with Gasteiger partial charge in [-0.25, -0.2) is 4.79 Å². The first-order valence-corrected chi connectivity index (χ1v) is 9.53. The summed E-state index contributed by atoms with van der Waals surface area (Å²) in [6.45, 7) is 3.92. The van der Waals surface area contributed by atoms with Crippen molar-refractivity contribution < 1.29 is 4.74 Å². The summed E-state index contributed by atoms with van der Waals surface area (Å²) in [6.07, 6.45) is 2.20. The van der Waals surface area contributed by atoms with Crippen molar-refractivity contribution in [3.63, 3.8) is 0 Å². The molecule has 0 saturated carbocycles. The Morgan fingerprint density at radius 3 is 2.79 bits per heavy atom. The first-order chi connectivity index (χ1) is 13.5. The van der Waals surface area contributed by atoms with Gasteiger partial charge in [0.2, 0.25) is 5.95 Å². The summed E-state index contributed by atoms with van der Waals surface area (Å²) in [6, 6.07) is 8.14. The van der Waals surface area contributed by atoms with Gasteiger partial charge in [0.1, 0.15) is 0 Å². The van der Waals surface area contributed by atoms with E-state index in [0.717, 1.165) is 35.1 Å². The molecule has 3 aromatic rings. The Morgan fingerprint density at radius 2 is 2.07 bits per heavy atom. The number of hydrogen-bond donors (Lipinski definition) is 1. The minimum atomic E-state index is -0.386. The van der Waals surface area contributed by atoms with Crippen LogP contribution in [0.4, 0.5) is 5.95 Å². The number of imidazole rings is 1. The molecular formula is C20H25N5O3. The molecule has 1 saturated heterocycles. The van der Waals surface area contributed by atoms with E-state index in [1.165, 1.54) is 11.6 Å². The third kappa shape index (κ3) is 3.24. The van der Waals surface area contributed by atoms with Crippen molar-refractivity contribution in [2.24, 2.45) is 14.1 Å². The summed E-state index contributed by atoms with van der Waals surface area (Å²) in [5.41, 5.74) is 2.29. The number of nitrogens with zero attached hydrogens (tertiary/aromatic N) is 4. The van der Waals surface area contributed by atoms with Gasteiger partial charge in [-0.05, 0) is 25.3 Å². The minimum Gasteiger partial charge on any atom is -0.376 e. The highest BCUT2D eigenvalue weighted by atomic mass is 16.5. The van der Waals surface area contributed by atoms with Gasteiger partial charge < -0.3 is 10.1 Å². The van der Waals surface area contributed by atoms with Crippen LogP contribution in [0.1, 0.15) is 24.0 Å². The maximum Gasteiger partial charge on any atom is 0.332 e. The Bertz CT molecular complexity index is 1140. The molecule has 1 atom stereocenters. The zero-order chi connectivity index (χ0) is 19.8. The number of anilines is 1. The molecule has 2 aromatic heterocycles. The number of aromatic nitrogens is 4. The van der Waals surface area contributed by atoms with Gasteiger partial charge in [0.05, 0.1) is 12.6 Å². The lowest BCUT2D eigenvalue weighted by Crippen LogP contribution is -2.37. The third-order valence-corrected chi connectivity index (χ3v) is 5.28.